The molecule has 1 aliphatic heterocycles. The number of nitrogens with zero attached hydrogens (tertiary/aromatic N) is 6. The van der Waals surface area contributed by atoms with Crippen LogP contribution in [-0.2, 0) is 4.74 Å². The molecule has 10 nitrogen and oxygen atoms in total. The lowest BCUT2D eigenvalue weighted by atomic mass is 9.87. The van der Waals surface area contributed by atoms with Gasteiger partial charge in [0.1, 0.15) is 11.4 Å². The van der Waals surface area contributed by atoms with Crippen molar-refractivity contribution in [3.8, 4) is 0 Å². The maximum absolute atomic E-state index is 13.7. The number of anilines is 2. The second-order valence-corrected chi connectivity index (χ2v) is 8.73. The zero-order valence-corrected chi connectivity index (χ0v) is 18.6. The number of fused-ring (bicyclic) bond motifs is 1. The van der Waals surface area contributed by atoms with Crippen LogP contribution in [0.1, 0.15) is 54.2 Å². The smallest absolute Gasteiger partial charge is 0.284 e. The lowest BCUT2D eigenvalue weighted by Crippen LogP contribution is -2.36. The van der Waals surface area contributed by atoms with Crippen LogP contribution in [-0.4, -0.2) is 68.3 Å². The van der Waals surface area contributed by atoms with Gasteiger partial charge < -0.3 is 20.1 Å². The van der Waals surface area contributed by atoms with Gasteiger partial charge in [0.05, 0.1) is 31.1 Å². The molecule has 1 aliphatic carbocycles. The fourth-order valence-electron chi connectivity index (χ4n) is 4.62. The second-order valence-electron chi connectivity index (χ2n) is 8.73. The number of nitrogens with one attached hydrogen (secondary N) is 1. The monoisotopic (exact) mass is 475 g/mol. The molecule has 0 bridgehead atoms. The first-order valence-electron chi connectivity index (χ1n) is 11.5. The Morgan fingerprint density at radius 1 is 1.24 bits per heavy atom. The molecular weight excluding hydrogens is 448 g/mol. The van der Waals surface area contributed by atoms with Gasteiger partial charge in [-0.05, 0) is 37.7 Å². The maximum atomic E-state index is 13.7. The van der Waals surface area contributed by atoms with Crippen molar-refractivity contribution in [3.63, 3.8) is 0 Å². The molecule has 3 aromatic heterocycles. The summed E-state index contributed by atoms with van der Waals surface area (Å²) in [5.74, 6) is 0.364. The minimum atomic E-state index is -2.83. The van der Waals surface area contributed by atoms with Crippen molar-refractivity contribution < 1.29 is 23.4 Å². The van der Waals surface area contributed by atoms with E-state index in [2.05, 4.69) is 25.4 Å². The zero-order valence-electron chi connectivity index (χ0n) is 18.6. The van der Waals surface area contributed by atoms with Crippen molar-refractivity contribution in [2.24, 2.45) is 5.92 Å². The van der Waals surface area contributed by atoms with E-state index in [4.69, 9.17) is 4.74 Å². The van der Waals surface area contributed by atoms with Crippen molar-refractivity contribution in [1.29, 1.82) is 0 Å². The van der Waals surface area contributed by atoms with Gasteiger partial charge in [0.15, 0.2) is 11.3 Å². The number of hydrogen-bond donors (Lipinski definition) is 2. The van der Waals surface area contributed by atoms with Gasteiger partial charge >= 0.3 is 0 Å². The summed E-state index contributed by atoms with van der Waals surface area (Å²) < 4.78 is 35.8. The van der Waals surface area contributed by atoms with E-state index in [9.17, 15) is 18.7 Å². The number of hydrogen-bond acceptors (Lipinski definition) is 7. The summed E-state index contributed by atoms with van der Waals surface area (Å²) >= 11 is 0. The molecule has 1 amide bonds. The molecule has 2 aliphatic rings. The fraction of sp³-hybridized carbons (Fsp3) is 0.545. The summed E-state index contributed by atoms with van der Waals surface area (Å²) in [7, 11) is 0. The maximum Gasteiger partial charge on any atom is 0.284 e. The quantitative estimate of drug-likeness (QED) is 0.564. The van der Waals surface area contributed by atoms with Crippen LogP contribution < -0.4 is 10.2 Å². The van der Waals surface area contributed by atoms with E-state index in [0.717, 1.165) is 25.7 Å². The molecule has 2 fully saturated rings. The second kappa shape index (κ2) is 9.63. The molecule has 1 saturated carbocycles. The molecule has 2 N–H and O–H groups in total. The van der Waals surface area contributed by atoms with Gasteiger partial charge in [-0.3, -0.25) is 9.48 Å². The van der Waals surface area contributed by atoms with E-state index in [1.165, 1.54) is 21.6 Å². The van der Waals surface area contributed by atoms with Crippen LogP contribution in [0.4, 0.5) is 20.3 Å². The highest BCUT2D eigenvalue weighted by molar-refractivity contribution is 6.08. The van der Waals surface area contributed by atoms with E-state index in [-0.39, 0.29) is 29.8 Å². The highest BCUT2D eigenvalue weighted by atomic mass is 19.3. The fourth-order valence-corrected chi connectivity index (χ4v) is 4.62. The Bertz CT molecular complexity index is 1150. The first-order valence-corrected chi connectivity index (χ1v) is 11.5. The van der Waals surface area contributed by atoms with Gasteiger partial charge in [-0.25, -0.2) is 18.3 Å². The van der Waals surface area contributed by atoms with Gasteiger partial charge in [-0.15, -0.1) is 0 Å². The van der Waals surface area contributed by atoms with Crippen molar-refractivity contribution >= 4 is 23.1 Å². The number of carbonyl (C=O) groups excluding carboxylic acids is 1. The van der Waals surface area contributed by atoms with E-state index in [0.29, 0.717) is 37.8 Å². The molecule has 5 rings (SSSR count). The number of carbonyl (C=O) groups is 1. The molecule has 0 radical (unpaired) electrons. The Morgan fingerprint density at radius 3 is 2.71 bits per heavy atom. The Balaban J connectivity index is 1.38. The molecule has 1 saturated heterocycles. The number of amides is 1. The van der Waals surface area contributed by atoms with Crippen LogP contribution in [0, 0.1) is 5.92 Å². The minimum absolute atomic E-state index is 0.0204. The summed E-state index contributed by atoms with van der Waals surface area (Å²) in [6, 6.07) is 1.78. The van der Waals surface area contributed by atoms with E-state index >= 15 is 0 Å². The summed E-state index contributed by atoms with van der Waals surface area (Å²) in [6.07, 6.45) is 4.84. The van der Waals surface area contributed by atoms with Crippen LogP contribution in [0.3, 0.4) is 0 Å². The molecule has 12 heteroatoms. The molecule has 0 spiro atoms. The van der Waals surface area contributed by atoms with Crippen LogP contribution in [0.15, 0.2) is 24.7 Å². The average Bonchev–Trinajstić information content (AvgIpc) is 3.49. The molecule has 3 aromatic rings. The van der Waals surface area contributed by atoms with Gasteiger partial charge in [0.2, 0.25) is 0 Å². The normalized spacial score (nSPS) is 21.4. The minimum Gasteiger partial charge on any atom is -0.396 e. The largest absolute Gasteiger partial charge is 0.396 e. The Morgan fingerprint density at radius 2 is 2.00 bits per heavy atom. The molecule has 0 atom stereocenters. The highest BCUT2D eigenvalue weighted by Crippen LogP contribution is 2.34. The van der Waals surface area contributed by atoms with Crippen molar-refractivity contribution in [3.05, 3.63) is 35.9 Å². The van der Waals surface area contributed by atoms with Gasteiger partial charge in [0.25, 0.3) is 12.3 Å². The van der Waals surface area contributed by atoms with Crippen molar-refractivity contribution in [2.45, 2.75) is 38.2 Å². The molecule has 4 heterocycles. The van der Waals surface area contributed by atoms with E-state index in [1.54, 1.807) is 6.20 Å². The predicted octanol–water partition coefficient (Wildman–Crippen LogP) is 2.68. The Hall–Kier alpha value is -3.12. The standard InChI is InChI=1S/C22H27F2N7O3/c23-20(24)19-17(12-31(28-19)15-3-1-14(13-32)2-4-15)26-22(33)16-11-25-30-6-5-18(27-21(16)30)29-7-9-34-10-8-29/h5-6,11-12,14-15,20,32H,1-4,7-10,13H2,(H,26,33). The van der Waals surface area contributed by atoms with E-state index < -0.39 is 18.0 Å². The number of aliphatic hydroxyl groups is 1. The number of aromatic nitrogens is 5. The summed E-state index contributed by atoms with van der Waals surface area (Å²) in [6.45, 7) is 2.71. The SMILES string of the molecule is O=C(Nc1cn(C2CCC(CO)CC2)nc1C(F)F)c1cnn2ccc(N3CCOCC3)nc12. The van der Waals surface area contributed by atoms with Crippen LogP contribution in [0.5, 0.6) is 0 Å². The molecule has 0 aromatic carbocycles. The number of morpholine rings is 1. The number of alkyl halides is 2. The number of aliphatic hydroxyl groups excluding tert-OH is 1. The van der Waals surface area contributed by atoms with Crippen LogP contribution in [0.2, 0.25) is 0 Å². The average molecular weight is 476 g/mol. The highest BCUT2D eigenvalue weighted by Gasteiger charge is 2.27. The third-order valence-corrected chi connectivity index (χ3v) is 6.60. The first kappa shape index (κ1) is 22.7. The van der Waals surface area contributed by atoms with Crippen molar-refractivity contribution in [1.82, 2.24) is 24.4 Å². The summed E-state index contributed by atoms with van der Waals surface area (Å²) in [5.41, 5.74) is 0.0466. The summed E-state index contributed by atoms with van der Waals surface area (Å²) in [5, 5.41) is 20.2. The Kier molecular flexibility index (Phi) is 6.42. The molecular formula is C22H27F2N7O3. The molecule has 0 unspecified atom stereocenters. The predicted molar refractivity (Wildman–Crippen MR) is 119 cm³/mol. The summed E-state index contributed by atoms with van der Waals surface area (Å²) in [4.78, 5) is 19.7. The third-order valence-electron chi connectivity index (χ3n) is 6.60. The van der Waals surface area contributed by atoms with Gasteiger partial charge in [-0.1, -0.05) is 0 Å². The molecule has 34 heavy (non-hydrogen) atoms. The van der Waals surface area contributed by atoms with E-state index in [1.807, 2.05) is 6.07 Å². The lowest BCUT2D eigenvalue weighted by molar-refractivity contribution is 0.102. The Labute approximate surface area is 194 Å². The third kappa shape index (κ3) is 4.47. The van der Waals surface area contributed by atoms with Crippen molar-refractivity contribution in [2.75, 3.05) is 43.1 Å². The van der Waals surface area contributed by atoms with Gasteiger partial charge in [0, 0.05) is 32.1 Å². The number of halogens is 2. The first-order chi connectivity index (χ1) is 16.5. The van der Waals surface area contributed by atoms with Crippen LogP contribution in [0.25, 0.3) is 5.65 Å². The molecule has 182 valence electrons. The lowest BCUT2D eigenvalue weighted by Gasteiger charge is -2.27. The van der Waals surface area contributed by atoms with Gasteiger partial charge in [-0.2, -0.15) is 10.2 Å². The number of ether oxygens (including phenoxy) is 1. The number of rotatable bonds is 6. The topological polar surface area (TPSA) is 110 Å². The zero-order chi connectivity index (χ0) is 23.7. The van der Waals surface area contributed by atoms with Crippen LogP contribution >= 0.6 is 0 Å².